The molecular weight excluding hydrogens is 328 g/mol. The highest BCUT2D eigenvalue weighted by Gasteiger charge is 2.19. The van der Waals surface area contributed by atoms with Crippen LogP contribution in [0.4, 0.5) is 5.69 Å². The van der Waals surface area contributed by atoms with Gasteiger partial charge in [-0.1, -0.05) is 17.7 Å². The van der Waals surface area contributed by atoms with Gasteiger partial charge >= 0.3 is 0 Å². The van der Waals surface area contributed by atoms with Crippen LogP contribution in [-0.4, -0.2) is 37.0 Å². The SMILES string of the molecule is Cc1ccsc1/C=C/C(=O)N1CCN(c2cccc(Cl)c2)CC1. The quantitative estimate of drug-likeness (QED) is 0.782. The van der Waals surface area contributed by atoms with Gasteiger partial charge in [0, 0.05) is 47.8 Å². The fourth-order valence-electron chi connectivity index (χ4n) is 2.67. The van der Waals surface area contributed by atoms with Crippen molar-refractivity contribution < 1.29 is 4.79 Å². The topological polar surface area (TPSA) is 23.6 Å². The van der Waals surface area contributed by atoms with Crippen molar-refractivity contribution in [3.63, 3.8) is 0 Å². The van der Waals surface area contributed by atoms with Crippen LogP contribution < -0.4 is 4.90 Å². The van der Waals surface area contributed by atoms with E-state index in [4.69, 9.17) is 11.6 Å². The number of hydrogen-bond donors (Lipinski definition) is 0. The molecule has 0 atom stereocenters. The van der Waals surface area contributed by atoms with Gasteiger partial charge in [-0.05, 0) is 48.2 Å². The van der Waals surface area contributed by atoms with Crippen molar-refractivity contribution in [1.29, 1.82) is 0 Å². The van der Waals surface area contributed by atoms with Crippen LogP contribution in [0, 0.1) is 6.92 Å². The summed E-state index contributed by atoms with van der Waals surface area (Å²) >= 11 is 7.71. The van der Waals surface area contributed by atoms with Crippen LogP contribution in [0.25, 0.3) is 6.08 Å². The van der Waals surface area contributed by atoms with E-state index in [0.29, 0.717) is 0 Å². The third kappa shape index (κ3) is 3.95. The van der Waals surface area contributed by atoms with Gasteiger partial charge in [-0.2, -0.15) is 0 Å². The highest BCUT2D eigenvalue weighted by molar-refractivity contribution is 7.11. The molecule has 1 aromatic carbocycles. The fourth-order valence-corrected chi connectivity index (χ4v) is 3.67. The third-order valence-electron chi connectivity index (χ3n) is 4.04. The standard InChI is InChI=1S/C18H19ClN2OS/c1-14-7-12-23-17(14)5-6-18(22)21-10-8-20(9-11-21)16-4-2-3-15(19)13-16/h2-7,12-13H,8-11H2,1H3/b6-5+. The van der Waals surface area contributed by atoms with Crippen LogP contribution in [0.5, 0.6) is 0 Å². The maximum absolute atomic E-state index is 12.3. The van der Waals surface area contributed by atoms with Gasteiger partial charge in [-0.25, -0.2) is 0 Å². The van der Waals surface area contributed by atoms with Gasteiger partial charge in [0.25, 0.3) is 0 Å². The molecule has 2 heterocycles. The Labute approximate surface area is 145 Å². The minimum atomic E-state index is 0.0866. The maximum Gasteiger partial charge on any atom is 0.246 e. The normalized spacial score (nSPS) is 15.4. The number of thiophene rings is 1. The number of rotatable bonds is 3. The van der Waals surface area contributed by atoms with Gasteiger partial charge in [-0.15, -0.1) is 11.3 Å². The Bertz CT molecular complexity index is 717. The zero-order chi connectivity index (χ0) is 16.2. The second-order valence-electron chi connectivity index (χ2n) is 5.59. The zero-order valence-electron chi connectivity index (χ0n) is 13.0. The van der Waals surface area contributed by atoms with E-state index in [-0.39, 0.29) is 5.91 Å². The van der Waals surface area contributed by atoms with Crippen molar-refractivity contribution in [2.75, 3.05) is 31.1 Å². The predicted octanol–water partition coefficient (Wildman–Crippen LogP) is 4.07. The zero-order valence-corrected chi connectivity index (χ0v) is 14.6. The molecule has 1 aliphatic heterocycles. The van der Waals surface area contributed by atoms with Crippen molar-refractivity contribution in [3.05, 3.63) is 57.3 Å². The summed E-state index contributed by atoms with van der Waals surface area (Å²) in [6.07, 6.45) is 3.61. The summed E-state index contributed by atoms with van der Waals surface area (Å²) in [6, 6.07) is 9.93. The number of hydrogen-bond acceptors (Lipinski definition) is 3. The lowest BCUT2D eigenvalue weighted by Crippen LogP contribution is -2.48. The van der Waals surface area contributed by atoms with Gasteiger partial charge in [0.2, 0.25) is 5.91 Å². The molecule has 1 aliphatic rings. The Hall–Kier alpha value is -1.78. The lowest BCUT2D eigenvalue weighted by atomic mass is 10.2. The lowest BCUT2D eigenvalue weighted by molar-refractivity contribution is -0.126. The Balaban J connectivity index is 1.57. The van der Waals surface area contributed by atoms with E-state index in [0.717, 1.165) is 41.8 Å². The second kappa shape index (κ2) is 7.20. The molecule has 0 aliphatic carbocycles. The van der Waals surface area contributed by atoms with Crippen LogP contribution in [0.3, 0.4) is 0 Å². The minimum Gasteiger partial charge on any atom is -0.368 e. The van der Waals surface area contributed by atoms with Gasteiger partial charge in [-0.3, -0.25) is 4.79 Å². The Morgan fingerprint density at radius 2 is 2.00 bits per heavy atom. The highest BCUT2D eigenvalue weighted by Crippen LogP contribution is 2.21. The monoisotopic (exact) mass is 346 g/mol. The number of carbonyl (C=O) groups excluding carboxylic acids is 1. The third-order valence-corrected chi connectivity index (χ3v) is 5.26. The molecule has 0 N–H and O–H groups in total. The molecule has 23 heavy (non-hydrogen) atoms. The molecule has 1 fully saturated rings. The number of nitrogens with zero attached hydrogens (tertiary/aromatic N) is 2. The van der Waals surface area contributed by atoms with E-state index in [1.807, 2.05) is 34.6 Å². The second-order valence-corrected chi connectivity index (χ2v) is 6.98. The molecule has 0 unspecified atom stereocenters. The van der Waals surface area contributed by atoms with Crippen LogP contribution >= 0.6 is 22.9 Å². The first-order chi connectivity index (χ1) is 11.1. The van der Waals surface area contributed by atoms with Crippen LogP contribution in [-0.2, 0) is 4.79 Å². The summed E-state index contributed by atoms with van der Waals surface area (Å²) in [5.41, 5.74) is 2.33. The average Bonchev–Trinajstić information content (AvgIpc) is 2.98. The molecule has 0 saturated carbocycles. The van der Waals surface area contributed by atoms with Crippen molar-refractivity contribution in [3.8, 4) is 0 Å². The van der Waals surface area contributed by atoms with E-state index in [1.54, 1.807) is 17.4 Å². The number of amides is 1. The number of piperazine rings is 1. The van der Waals surface area contributed by atoms with E-state index >= 15 is 0 Å². The molecule has 120 valence electrons. The number of halogens is 1. The minimum absolute atomic E-state index is 0.0866. The smallest absolute Gasteiger partial charge is 0.246 e. The molecule has 1 aromatic heterocycles. The summed E-state index contributed by atoms with van der Waals surface area (Å²) in [5, 5.41) is 2.79. The number of carbonyl (C=O) groups is 1. The van der Waals surface area contributed by atoms with Crippen LogP contribution in [0.15, 0.2) is 41.8 Å². The van der Waals surface area contributed by atoms with E-state index in [2.05, 4.69) is 24.0 Å². The fraction of sp³-hybridized carbons (Fsp3) is 0.278. The Kier molecular flexibility index (Phi) is 5.03. The highest BCUT2D eigenvalue weighted by atomic mass is 35.5. The van der Waals surface area contributed by atoms with Crippen LogP contribution in [0.1, 0.15) is 10.4 Å². The molecular formula is C18H19ClN2OS. The van der Waals surface area contributed by atoms with Crippen LogP contribution in [0.2, 0.25) is 5.02 Å². The lowest BCUT2D eigenvalue weighted by Gasteiger charge is -2.35. The van der Waals surface area contributed by atoms with E-state index in [9.17, 15) is 4.79 Å². The van der Waals surface area contributed by atoms with E-state index in [1.165, 1.54) is 5.56 Å². The molecule has 1 saturated heterocycles. The number of aryl methyl sites for hydroxylation is 1. The molecule has 3 rings (SSSR count). The van der Waals surface area contributed by atoms with E-state index < -0.39 is 0 Å². The maximum atomic E-state index is 12.3. The average molecular weight is 347 g/mol. The summed E-state index contributed by atoms with van der Waals surface area (Å²) < 4.78 is 0. The molecule has 5 heteroatoms. The summed E-state index contributed by atoms with van der Waals surface area (Å²) in [4.78, 5) is 17.6. The molecule has 0 radical (unpaired) electrons. The van der Waals surface area contributed by atoms with Crippen molar-refractivity contribution in [1.82, 2.24) is 4.90 Å². The predicted molar refractivity (Wildman–Crippen MR) is 98.3 cm³/mol. The molecule has 2 aromatic rings. The largest absolute Gasteiger partial charge is 0.368 e. The molecule has 0 bridgehead atoms. The first kappa shape index (κ1) is 16.1. The van der Waals surface area contributed by atoms with Gasteiger partial charge < -0.3 is 9.80 Å². The molecule has 0 spiro atoms. The van der Waals surface area contributed by atoms with Crippen molar-refractivity contribution in [2.45, 2.75) is 6.92 Å². The Morgan fingerprint density at radius 1 is 1.22 bits per heavy atom. The van der Waals surface area contributed by atoms with Crippen molar-refractivity contribution >= 4 is 40.6 Å². The Morgan fingerprint density at radius 3 is 2.65 bits per heavy atom. The number of anilines is 1. The first-order valence-electron chi connectivity index (χ1n) is 7.65. The van der Waals surface area contributed by atoms with Gasteiger partial charge in [0.05, 0.1) is 0 Å². The molecule has 3 nitrogen and oxygen atoms in total. The summed E-state index contributed by atoms with van der Waals surface area (Å²) in [6.45, 7) is 5.19. The number of benzene rings is 1. The van der Waals surface area contributed by atoms with Gasteiger partial charge in [0.15, 0.2) is 0 Å². The first-order valence-corrected chi connectivity index (χ1v) is 8.91. The summed E-state index contributed by atoms with van der Waals surface area (Å²) in [7, 11) is 0. The van der Waals surface area contributed by atoms with Crippen molar-refractivity contribution in [2.24, 2.45) is 0 Å². The summed E-state index contributed by atoms with van der Waals surface area (Å²) in [5.74, 6) is 0.0866. The van der Waals surface area contributed by atoms with Gasteiger partial charge in [0.1, 0.15) is 0 Å². The molecule has 1 amide bonds.